The molecule has 0 radical (unpaired) electrons. The van der Waals surface area contributed by atoms with Gasteiger partial charge in [-0.15, -0.1) is 12.8 Å². The number of aryl methyl sites for hydroxylation is 1. The van der Waals surface area contributed by atoms with E-state index < -0.39 is 16.1 Å². The Labute approximate surface area is 109 Å². The van der Waals surface area contributed by atoms with Gasteiger partial charge in [-0.05, 0) is 26.0 Å². The topological polar surface area (TPSA) is 37.4 Å². The van der Waals surface area contributed by atoms with E-state index in [1.54, 1.807) is 31.2 Å². The van der Waals surface area contributed by atoms with Crippen molar-refractivity contribution < 1.29 is 8.42 Å². The lowest BCUT2D eigenvalue weighted by Gasteiger charge is -2.22. The van der Waals surface area contributed by atoms with Gasteiger partial charge in [0.1, 0.15) is 0 Å². The maximum Gasteiger partial charge on any atom is 0.245 e. The molecule has 0 amide bonds. The second kappa shape index (κ2) is 5.73. The van der Waals surface area contributed by atoms with Crippen molar-refractivity contribution in [2.75, 3.05) is 6.54 Å². The summed E-state index contributed by atoms with van der Waals surface area (Å²) >= 11 is 0. The summed E-state index contributed by atoms with van der Waals surface area (Å²) in [6.45, 7) is 3.48. The summed E-state index contributed by atoms with van der Waals surface area (Å²) in [6.07, 6.45) is 10.5. The number of hydrogen-bond acceptors (Lipinski definition) is 2. The van der Waals surface area contributed by atoms with Gasteiger partial charge in [0.05, 0.1) is 17.5 Å². The first kappa shape index (κ1) is 14.3. The molecule has 0 fully saturated rings. The summed E-state index contributed by atoms with van der Waals surface area (Å²) in [5.74, 6) is 4.71. The van der Waals surface area contributed by atoms with Crippen molar-refractivity contribution in [3.05, 3.63) is 29.8 Å². The van der Waals surface area contributed by atoms with Crippen LogP contribution in [0.5, 0.6) is 0 Å². The van der Waals surface area contributed by atoms with E-state index >= 15 is 0 Å². The Morgan fingerprint density at radius 2 is 1.83 bits per heavy atom. The van der Waals surface area contributed by atoms with Gasteiger partial charge in [-0.3, -0.25) is 0 Å². The highest BCUT2D eigenvalue weighted by Crippen LogP contribution is 2.18. The summed E-state index contributed by atoms with van der Waals surface area (Å²) in [7, 11) is -3.64. The van der Waals surface area contributed by atoms with Crippen molar-refractivity contribution in [2.24, 2.45) is 0 Å². The fourth-order valence-corrected chi connectivity index (χ4v) is 2.92. The molecule has 18 heavy (non-hydrogen) atoms. The molecule has 1 atom stereocenters. The van der Waals surface area contributed by atoms with Gasteiger partial charge in [0.2, 0.25) is 10.0 Å². The van der Waals surface area contributed by atoms with Crippen LogP contribution < -0.4 is 0 Å². The van der Waals surface area contributed by atoms with Gasteiger partial charge in [0, 0.05) is 0 Å². The van der Waals surface area contributed by atoms with Crippen molar-refractivity contribution >= 4 is 10.0 Å². The molecule has 1 unspecified atom stereocenters. The molecule has 0 spiro atoms. The molecule has 0 aliphatic rings. The summed E-state index contributed by atoms with van der Waals surface area (Å²) in [6, 6.07) is 6.00. The maximum absolute atomic E-state index is 12.4. The molecule has 0 N–H and O–H groups in total. The van der Waals surface area contributed by atoms with Crippen LogP contribution in [-0.2, 0) is 10.0 Å². The Hall–Kier alpha value is -1.75. The smallest absolute Gasteiger partial charge is 0.207 e. The number of rotatable bonds is 4. The summed E-state index contributed by atoms with van der Waals surface area (Å²) in [5, 5.41) is 0. The molecule has 0 saturated carbocycles. The molecule has 0 bridgehead atoms. The van der Waals surface area contributed by atoms with Crippen molar-refractivity contribution in [3.8, 4) is 24.7 Å². The molecule has 0 saturated heterocycles. The van der Waals surface area contributed by atoms with Gasteiger partial charge >= 0.3 is 0 Å². The standard InChI is InChI=1S/C14H15NO2S/c1-5-11-15(13(4)6-2)18(16,17)14-9-7-12(3)8-10-14/h1-2,7-10,13H,11H2,3-4H3. The van der Waals surface area contributed by atoms with Gasteiger partial charge in [0.15, 0.2) is 0 Å². The third kappa shape index (κ3) is 2.92. The first-order valence-electron chi connectivity index (χ1n) is 5.41. The average molecular weight is 261 g/mol. The molecule has 3 nitrogen and oxygen atoms in total. The molecule has 94 valence electrons. The lowest BCUT2D eigenvalue weighted by Crippen LogP contribution is -2.38. The normalized spacial score (nSPS) is 12.7. The van der Waals surface area contributed by atoms with Crippen molar-refractivity contribution in [1.29, 1.82) is 0 Å². The van der Waals surface area contributed by atoms with E-state index in [2.05, 4.69) is 11.8 Å². The highest BCUT2D eigenvalue weighted by atomic mass is 32.2. The van der Waals surface area contributed by atoms with Gasteiger partial charge < -0.3 is 0 Å². The van der Waals surface area contributed by atoms with Crippen LogP contribution in [0, 0.1) is 31.6 Å². The van der Waals surface area contributed by atoms with Crippen LogP contribution in [-0.4, -0.2) is 25.3 Å². The monoisotopic (exact) mass is 261 g/mol. The fourth-order valence-electron chi connectivity index (χ4n) is 1.45. The maximum atomic E-state index is 12.4. The van der Waals surface area contributed by atoms with Crippen LogP contribution in [0.1, 0.15) is 12.5 Å². The highest BCUT2D eigenvalue weighted by Gasteiger charge is 2.27. The first-order valence-corrected chi connectivity index (χ1v) is 6.85. The minimum absolute atomic E-state index is 0.0401. The average Bonchev–Trinajstić information content (AvgIpc) is 2.35. The van der Waals surface area contributed by atoms with E-state index in [1.807, 2.05) is 6.92 Å². The number of hydrogen-bond donors (Lipinski definition) is 0. The quantitative estimate of drug-likeness (QED) is 0.773. The fraction of sp³-hybridized carbons (Fsp3) is 0.286. The van der Waals surface area contributed by atoms with Crippen molar-refractivity contribution in [2.45, 2.75) is 24.8 Å². The number of sulfonamides is 1. The predicted molar refractivity (Wildman–Crippen MR) is 72.2 cm³/mol. The van der Waals surface area contributed by atoms with E-state index in [9.17, 15) is 8.42 Å². The summed E-state index contributed by atoms with van der Waals surface area (Å²) < 4.78 is 25.9. The van der Waals surface area contributed by atoms with E-state index in [-0.39, 0.29) is 11.4 Å². The lowest BCUT2D eigenvalue weighted by molar-refractivity contribution is 0.420. The Morgan fingerprint density at radius 1 is 1.28 bits per heavy atom. The van der Waals surface area contributed by atoms with Gasteiger partial charge in [-0.1, -0.05) is 29.5 Å². The zero-order chi connectivity index (χ0) is 13.8. The zero-order valence-electron chi connectivity index (χ0n) is 10.4. The zero-order valence-corrected chi connectivity index (χ0v) is 11.2. The van der Waals surface area contributed by atoms with Gasteiger partial charge in [-0.25, -0.2) is 8.42 Å². The molecule has 1 aromatic rings. The van der Waals surface area contributed by atoms with Crippen LogP contribution in [0.4, 0.5) is 0 Å². The molecule has 1 aromatic carbocycles. The molecule has 0 aromatic heterocycles. The molecule has 0 heterocycles. The Kier molecular flexibility index (Phi) is 4.55. The third-order valence-corrected chi connectivity index (χ3v) is 4.48. The van der Waals surface area contributed by atoms with Crippen LogP contribution >= 0.6 is 0 Å². The largest absolute Gasteiger partial charge is 0.245 e. The molecular formula is C14H15NO2S. The number of terminal acetylenes is 2. The van der Waals surface area contributed by atoms with Gasteiger partial charge in [-0.2, -0.15) is 4.31 Å². The second-order valence-corrected chi connectivity index (χ2v) is 5.80. The number of nitrogens with zero attached hydrogens (tertiary/aromatic N) is 1. The molecule has 1 rings (SSSR count). The number of benzene rings is 1. The molecule has 0 aliphatic heterocycles. The van der Waals surface area contributed by atoms with E-state index in [4.69, 9.17) is 12.8 Å². The van der Waals surface area contributed by atoms with Crippen molar-refractivity contribution in [1.82, 2.24) is 4.31 Å². The van der Waals surface area contributed by atoms with Crippen LogP contribution in [0.25, 0.3) is 0 Å². The molecule has 0 aliphatic carbocycles. The predicted octanol–water partition coefficient (Wildman–Crippen LogP) is 1.64. The SMILES string of the molecule is C#CCN(C(C)C#C)S(=O)(=O)c1ccc(C)cc1. The van der Waals surface area contributed by atoms with E-state index in [1.165, 1.54) is 0 Å². The Morgan fingerprint density at radius 3 is 2.28 bits per heavy atom. The van der Waals surface area contributed by atoms with Crippen LogP contribution in [0.2, 0.25) is 0 Å². The highest BCUT2D eigenvalue weighted by molar-refractivity contribution is 7.89. The second-order valence-electron chi connectivity index (χ2n) is 3.91. The minimum atomic E-state index is -3.64. The van der Waals surface area contributed by atoms with Crippen LogP contribution in [0.3, 0.4) is 0 Å². The minimum Gasteiger partial charge on any atom is -0.207 e. The first-order chi connectivity index (χ1) is 8.43. The Balaban J connectivity index is 3.22. The summed E-state index contributed by atoms with van der Waals surface area (Å²) in [5.41, 5.74) is 0.988. The van der Waals surface area contributed by atoms with E-state index in [0.717, 1.165) is 9.87 Å². The lowest BCUT2D eigenvalue weighted by atomic mass is 10.2. The van der Waals surface area contributed by atoms with E-state index in [0.29, 0.717) is 0 Å². The van der Waals surface area contributed by atoms with Crippen molar-refractivity contribution in [3.63, 3.8) is 0 Å². The third-order valence-electron chi connectivity index (χ3n) is 2.55. The molecular weight excluding hydrogens is 246 g/mol. The Bertz CT molecular complexity index is 588. The summed E-state index contributed by atoms with van der Waals surface area (Å²) in [4.78, 5) is 0.199. The van der Waals surface area contributed by atoms with Gasteiger partial charge in [0.25, 0.3) is 0 Å². The van der Waals surface area contributed by atoms with Crippen LogP contribution in [0.15, 0.2) is 29.2 Å². The molecule has 4 heteroatoms.